The van der Waals surface area contributed by atoms with Crippen LogP contribution >= 0.6 is 22.6 Å². The predicted octanol–water partition coefficient (Wildman–Crippen LogP) is 1.73. The van der Waals surface area contributed by atoms with Gasteiger partial charge in [-0.25, -0.2) is 0 Å². The first kappa shape index (κ1) is 11.2. The zero-order valence-electron chi connectivity index (χ0n) is 8.48. The maximum absolute atomic E-state index is 10.7. The van der Waals surface area contributed by atoms with E-state index in [1.165, 1.54) is 4.68 Å². The van der Waals surface area contributed by atoms with Gasteiger partial charge in [-0.3, -0.25) is 9.48 Å². The molecule has 1 heterocycles. The third kappa shape index (κ3) is 1.84. The lowest BCUT2D eigenvalue weighted by molar-refractivity contribution is -0.137. The summed E-state index contributed by atoms with van der Waals surface area (Å²) in [7, 11) is 1.58. The molecule has 0 radical (unpaired) electrons. The van der Waals surface area contributed by atoms with Gasteiger partial charge in [0.15, 0.2) is 0 Å². The summed E-state index contributed by atoms with van der Waals surface area (Å²) in [6, 6.07) is 5.48. The van der Waals surface area contributed by atoms with Crippen molar-refractivity contribution < 1.29 is 14.6 Å². The summed E-state index contributed by atoms with van der Waals surface area (Å²) in [5.74, 6) is -0.206. The molecule has 1 N–H and O–H groups in total. The highest BCUT2D eigenvalue weighted by molar-refractivity contribution is 14.1. The fraction of sp³-hybridized carbons (Fsp3) is 0.200. The summed E-state index contributed by atoms with van der Waals surface area (Å²) >= 11 is 2.07. The maximum atomic E-state index is 10.7. The van der Waals surface area contributed by atoms with Crippen molar-refractivity contribution in [3.63, 3.8) is 0 Å². The highest BCUT2D eigenvalue weighted by Crippen LogP contribution is 2.29. The minimum absolute atomic E-state index is 0.146. The van der Waals surface area contributed by atoms with Crippen LogP contribution < -0.4 is 4.74 Å². The van der Waals surface area contributed by atoms with Crippen molar-refractivity contribution in [1.29, 1.82) is 0 Å². The van der Waals surface area contributed by atoms with Crippen LogP contribution in [0.3, 0.4) is 0 Å². The van der Waals surface area contributed by atoms with Crippen LogP contribution in [0.5, 0.6) is 5.75 Å². The molecule has 5 nitrogen and oxygen atoms in total. The van der Waals surface area contributed by atoms with Crippen molar-refractivity contribution >= 4 is 39.5 Å². The van der Waals surface area contributed by atoms with Gasteiger partial charge in [0.1, 0.15) is 16.0 Å². The van der Waals surface area contributed by atoms with Crippen LogP contribution in [0.1, 0.15) is 0 Å². The molecule has 1 aromatic carbocycles. The van der Waals surface area contributed by atoms with Crippen LogP contribution in [0, 0.1) is 3.70 Å². The summed E-state index contributed by atoms with van der Waals surface area (Å²) in [6.07, 6.45) is 0. The summed E-state index contributed by atoms with van der Waals surface area (Å²) in [4.78, 5) is 10.7. The lowest BCUT2D eigenvalue weighted by atomic mass is 10.2. The number of ether oxygens (including phenoxy) is 1. The van der Waals surface area contributed by atoms with Crippen molar-refractivity contribution in [2.24, 2.45) is 0 Å². The molecule has 6 heteroatoms. The monoisotopic (exact) mass is 332 g/mol. The van der Waals surface area contributed by atoms with Gasteiger partial charge in [0.05, 0.1) is 18.0 Å². The summed E-state index contributed by atoms with van der Waals surface area (Å²) < 4.78 is 7.42. The molecule has 0 amide bonds. The Bertz CT molecular complexity index is 550. The molecular weight excluding hydrogens is 323 g/mol. The molecule has 2 aromatic rings. The van der Waals surface area contributed by atoms with E-state index in [9.17, 15) is 4.79 Å². The molecule has 0 aliphatic rings. The number of fused-ring (bicyclic) bond motifs is 1. The van der Waals surface area contributed by atoms with Crippen molar-refractivity contribution in [3.8, 4) is 5.75 Å². The molecule has 0 spiro atoms. The second-order valence-electron chi connectivity index (χ2n) is 3.20. The van der Waals surface area contributed by atoms with Crippen molar-refractivity contribution in [3.05, 3.63) is 21.9 Å². The normalized spacial score (nSPS) is 10.6. The third-order valence-corrected chi connectivity index (χ3v) is 2.96. The quantitative estimate of drug-likeness (QED) is 0.870. The molecule has 16 heavy (non-hydrogen) atoms. The molecule has 0 fully saturated rings. The number of aromatic nitrogens is 2. The molecule has 0 unspecified atom stereocenters. The molecule has 0 atom stereocenters. The van der Waals surface area contributed by atoms with Crippen molar-refractivity contribution in [1.82, 2.24) is 9.78 Å². The highest BCUT2D eigenvalue weighted by atomic mass is 127. The van der Waals surface area contributed by atoms with Crippen LogP contribution in [-0.2, 0) is 11.3 Å². The van der Waals surface area contributed by atoms with Crippen LogP contribution in [0.4, 0.5) is 0 Å². The number of carboxylic acids is 1. The summed E-state index contributed by atoms with van der Waals surface area (Å²) in [6.45, 7) is -0.146. The number of benzene rings is 1. The van der Waals surface area contributed by atoms with Gasteiger partial charge in [-0.05, 0) is 34.7 Å². The van der Waals surface area contributed by atoms with Crippen LogP contribution in [-0.4, -0.2) is 28.0 Å². The van der Waals surface area contributed by atoms with E-state index in [1.54, 1.807) is 7.11 Å². The first-order valence-corrected chi connectivity index (χ1v) is 5.62. The lowest BCUT2D eigenvalue weighted by Crippen LogP contribution is -2.09. The van der Waals surface area contributed by atoms with E-state index in [0.29, 0.717) is 5.75 Å². The number of rotatable bonds is 3. The topological polar surface area (TPSA) is 64.4 Å². The largest absolute Gasteiger partial charge is 0.496 e. The van der Waals surface area contributed by atoms with E-state index in [4.69, 9.17) is 9.84 Å². The second-order valence-corrected chi connectivity index (χ2v) is 4.22. The van der Waals surface area contributed by atoms with Gasteiger partial charge >= 0.3 is 5.97 Å². The first-order chi connectivity index (χ1) is 7.63. The number of hydrogen-bond donors (Lipinski definition) is 1. The average Bonchev–Trinajstić information content (AvgIpc) is 2.55. The van der Waals surface area contributed by atoms with E-state index in [1.807, 2.05) is 18.2 Å². The molecule has 0 aliphatic heterocycles. The highest BCUT2D eigenvalue weighted by Gasteiger charge is 2.14. The summed E-state index contributed by atoms with van der Waals surface area (Å²) in [5.41, 5.74) is 0.770. The van der Waals surface area contributed by atoms with E-state index in [-0.39, 0.29) is 6.54 Å². The molecule has 1 aromatic heterocycles. The minimum atomic E-state index is -0.913. The molecular formula is C10H9IN2O3. The maximum Gasteiger partial charge on any atom is 0.325 e. The number of carboxylic acid groups (broad SMARTS) is 1. The number of carbonyl (C=O) groups is 1. The zero-order chi connectivity index (χ0) is 11.7. The van der Waals surface area contributed by atoms with Crippen LogP contribution in [0.25, 0.3) is 10.9 Å². The van der Waals surface area contributed by atoms with E-state index >= 15 is 0 Å². The Balaban J connectivity index is 2.66. The van der Waals surface area contributed by atoms with Gasteiger partial charge in [0, 0.05) is 0 Å². The van der Waals surface area contributed by atoms with Gasteiger partial charge in [-0.2, -0.15) is 5.10 Å². The van der Waals surface area contributed by atoms with Crippen LogP contribution in [0.2, 0.25) is 0 Å². The van der Waals surface area contributed by atoms with E-state index in [2.05, 4.69) is 27.7 Å². The Morgan fingerprint density at radius 2 is 2.38 bits per heavy atom. The molecule has 2 rings (SSSR count). The predicted molar refractivity (Wildman–Crippen MR) is 66.6 cm³/mol. The molecule has 0 aliphatic carbocycles. The minimum Gasteiger partial charge on any atom is -0.496 e. The van der Waals surface area contributed by atoms with Gasteiger partial charge in [0.2, 0.25) is 0 Å². The Kier molecular flexibility index (Phi) is 2.99. The van der Waals surface area contributed by atoms with Gasteiger partial charge in [-0.15, -0.1) is 0 Å². The third-order valence-electron chi connectivity index (χ3n) is 2.20. The Morgan fingerprint density at radius 1 is 1.62 bits per heavy atom. The SMILES string of the molecule is COc1cccc2c1c(I)nn2CC(=O)O. The van der Waals surface area contributed by atoms with Gasteiger partial charge in [-0.1, -0.05) is 6.07 Å². The first-order valence-electron chi connectivity index (χ1n) is 4.54. The average molecular weight is 332 g/mol. The number of halogens is 1. The smallest absolute Gasteiger partial charge is 0.325 e. The Labute approximate surface area is 105 Å². The van der Waals surface area contributed by atoms with Crippen molar-refractivity contribution in [2.75, 3.05) is 7.11 Å². The molecule has 0 saturated heterocycles. The van der Waals surface area contributed by atoms with Gasteiger partial charge < -0.3 is 9.84 Å². The zero-order valence-corrected chi connectivity index (χ0v) is 10.6. The fourth-order valence-electron chi connectivity index (χ4n) is 1.57. The van der Waals surface area contributed by atoms with Gasteiger partial charge in [0.25, 0.3) is 0 Å². The molecule has 0 saturated carbocycles. The summed E-state index contributed by atoms with van der Waals surface area (Å²) in [5, 5.41) is 13.8. The Hall–Kier alpha value is -1.31. The Morgan fingerprint density at radius 3 is 3.00 bits per heavy atom. The number of nitrogens with zero attached hydrogens (tertiary/aromatic N) is 2. The second kappa shape index (κ2) is 4.28. The lowest BCUT2D eigenvalue weighted by Gasteiger charge is -2.02. The fourth-order valence-corrected chi connectivity index (χ4v) is 2.37. The molecule has 84 valence electrons. The van der Waals surface area contributed by atoms with Crippen molar-refractivity contribution in [2.45, 2.75) is 6.54 Å². The van der Waals surface area contributed by atoms with E-state index in [0.717, 1.165) is 14.6 Å². The number of methoxy groups -OCH3 is 1. The number of hydrogen-bond acceptors (Lipinski definition) is 3. The van der Waals surface area contributed by atoms with Crippen LogP contribution in [0.15, 0.2) is 18.2 Å². The molecule has 0 bridgehead atoms. The number of aliphatic carboxylic acids is 1. The standard InChI is InChI=1S/C10H9IN2O3/c1-16-7-4-2-3-6-9(7)10(11)12-13(6)5-8(14)15/h2-4H,5H2,1H3,(H,14,15). The van der Waals surface area contributed by atoms with E-state index < -0.39 is 5.97 Å².